The van der Waals surface area contributed by atoms with Gasteiger partial charge in [0, 0.05) is 18.4 Å². The molecule has 2 rings (SSSR count). The van der Waals surface area contributed by atoms with Gasteiger partial charge in [-0.1, -0.05) is 16.7 Å². The number of rotatable bonds is 5. The minimum Gasteiger partial charge on any atom is -0.496 e. The lowest BCUT2D eigenvalue weighted by Gasteiger charge is -2.13. The topological polar surface area (TPSA) is 81.9 Å². The summed E-state index contributed by atoms with van der Waals surface area (Å²) in [4.78, 5) is 12.3. The smallest absolute Gasteiger partial charge is 0.259 e. The van der Waals surface area contributed by atoms with Crippen molar-refractivity contribution in [2.24, 2.45) is 7.05 Å². The highest BCUT2D eigenvalue weighted by Crippen LogP contribution is 2.32. The van der Waals surface area contributed by atoms with Crippen molar-refractivity contribution in [2.75, 3.05) is 18.7 Å². The van der Waals surface area contributed by atoms with E-state index in [1.165, 1.54) is 4.68 Å². The third-order valence-electron chi connectivity index (χ3n) is 2.80. The fourth-order valence-electron chi connectivity index (χ4n) is 1.75. The number of anilines is 1. The second-order valence-corrected chi connectivity index (χ2v) is 5.37. The predicted molar refractivity (Wildman–Crippen MR) is 82.0 cm³/mol. The van der Waals surface area contributed by atoms with Crippen LogP contribution in [0.5, 0.6) is 5.75 Å². The van der Waals surface area contributed by atoms with Gasteiger partial charge < -0.3 is 4.74 Å². The van der Waals surface area contributed by atoms with E-state index >= 15 is 0 Å². The molecule has 0 saturated carbocycles. The Bertz CT molecular complexity index is 661. The van der Waals surface area contributed by atoms with Gasteiger partial charge in [0.2, 0.25) is 5.95 Å². The number of hydrogen-bond donors (Lipinski definition) is 1. The number of carbonyl (C=O) groups is 1. The van der Waals surface area contributed by atoms with Gasteiger partial charge in [-0.3, -0.25) is 10.1 Å². The Hall–Kier alpha value is -1.80. The molecule has 0 atom stereocenters. The average Bonchev–Trinajstić information content (AvgIpc) is 2.86. The summed E-state index contributed by atoms with van der Waals surface area (Å²) < 4.78 is 6.63. The number of benzene rings is 1. The first-order valence-electron chi connectivity index (χ1n) is 5.96. The number of ether oxygens (including phenoxy) is 1. The number of tetrazole rings is 1. The quantitative estimate of drug-likeness (QED) is 0.904. The van der Waals surface area contributed by atoms with Crippen molar-refractivity contribution >= 4 is 35.2 Å². The van der Waals surface area contributed by atoms with Gasteiger partial charge in [-0.25, -0.2) is 4.68 Å². The van der Waals surface area contributed by atoms with Crippen LogP contribution in [-0.2, 0) is 12.8 Å². The number of aromatic nitrogens is 4. The third-order valence-corrected chi connectivity index (χ3v) is 3.81. The molecular weight excluding hydrogens is 314 g/mol. The zero-order valence-corrected chi connectivity index (χ0v) is 13.3. The minimum absolute atomic E-state index is 0.248. The Morgan fingerprint density at radius 3 is 2.86 bits per heavy atom. The van der Waals surface area contributed by atoms with Crippen LogP contribution in [0.1, 0.15) is 15.9 Å². The average molecular weight is 328 g/mol. The van der Waals surface area contributed by atoms with Gasteiger partial charge in [0.05, 0.1) is 17.7 Å². The largest absolute Gasteiger partial charge is 0.496 e. The van der Waals surface area contributed by atoms with Gasteiger partial charge in [-0.15, -0.1) is 0 Å². The first kappa shape index (κ1) is 15.6. The Morgan fingerprint density at radius 1 is 1.52 bits per heavy atom. The highest BCUT2D eigenvalue weighted by Gasteiger charge is 2.18. The molecule has 0 spiro atoms. The predicted octanol–water partition coefficient (Wildman–Crippen LogP) is 1.99. The van der Waals surface area contributed by atoms with Crippen LogP contribution in [-0.4, -0.2) is 39.5 Å². The molecule has 1 heterocycles. The van der Waals surface area contributed by atoms with Crippen LogP contribution in [0.15, 0.2) is 12.1 Å². The number of nitrogens with one attached hydrogen (secondary N) is 1. The molecule has 0 saturated heterocycles. The number of nitrogens with zero attached hydrogens (tertiary/aromatic N) is 4. The third kappa shape index (κ3) is 3.27. The molecule has 7 nitrogen and oxygen atoms in total. The Kier molecular flexibility index (Phi) is 5.03. The summed E-state index contributed by atoms with van der Waals surface area (Å²) in [6.45, 7) is 0. The summed E-state index contributed by atoms with van der Waals surface area (Å²) in [5, 5.41) is 13.8. The zero-order valence-electron chi connectivity index (χ0n) is 11.8. The molecule has 0 unspecified atom stereocenters. The van der Waals surface area contributed by atoms with E-state index < -0.39 is 0 Å². The summed E-state index contributed by atoms with van der Waals surface area (Å²) in [6, 6.07) is 3.34. The van der Waals surface area contributed by atoms with Gasteiger partial charge in [-0.2, -0.15) is 11.8 Å². The van der Waals surface area contributed by atoms with E-state index in [2.05, 4.69) is 20.8 Å². The molecule has 1 aromatic heterocycles. The van der Waals surface area contributed by atoms with Crippen molar-refractivity contribution in [3.05, 3.63) is 28.3 Å². The molecule has 1 aromatic carbocycles. The number of methoxy groups -OCH3 is 1. The van der Waals surface area contributed by atoms with Crippen LogP contribution in [0.3, 0.4) is 0 Å². The summed E-state index contributed by atoms with van der Waals surface area (Å²) in [5.41, 5.74) is 1.14. The molecule has 0 fully saturated rings. The molecule has 9 heteroatoms. The number of hydrogen-bond acceptors (Lipinski definition) is 6. The van der Waals surface area contributed by atoms with Gasteiger partial charge in [0.25, 0.3) is 5.91 Å². The molecule has 1 N–H and O–H groups in total. The fourth-order valence-corrected chi connectivity index (χ4v) is 2.72. The number of thioether (sulfide) groups is 1. The summed E-state index contributed by atoms with van der Waals surface area (Å²) in [5.74, 6) is 1.18. The lowest BCUT2D eigenvalue weighted by Crippen LogP contribution is -2.16. The standard InChI is InChI=1S/C12H14ClN5O2S/c1-18-12(15-16-17-18)14-11(19)7-4-5-9(20-2)8(6-21-3)10(7)13/h4-5H,6H2,1-3H3,(H,14,15,17,19). The Balaban J connectivity index is 2.33. The van der Waals surface area contributed by atoms with Crippen LogP contribution in [0.2, 0.25) is 5.02 Å². The van der Waals surface area contributed by atoms with Crippen LogP contribution in [0, 0.1) is 0 Å². The van der Waals surface area contributed by atoms with Crippen LogP contribution >= 0.6 is 23.4 Å². The minimum atomic E-state index is -0.372. The number of aryl methyl sites for hydroxylation is 1. The van der Waals surface area contributed by atoms with E-state index in [0.717, 1.165) is 5.56 Å². The number of carbonyl (C=O) groups excluding carboxylic acids is 1. The fraction of sp³-hybridized carbons (Fsp3) is 0.333. The van der Waals surface area contributed by atoms with Gasteiger partial charge in [0.1, 0.15) is 5.75 Å². The van der Waals surface area contributed by atoms with E-state index in [0.29, 0.717) is 22.1 Å². The monoisotopic (exact) mass is 327 g/mol. The lowest BCUT2D eigenvalue weighted by atomic mass is 10.1. The second-order valence-electron chi connectivity index (χ2n) is 4.12. The van der Waals surface area contributed by atoms with E-state index in [-0.39, 0.29) is 11.9 Å². The molecule has 0 bridgehead atoms. The summed E-state index contributed by atoms with van der Waals surface area (Å²) in [7, 11) is 3.20. The van der Waals surface area contributed by atoms with Crippen molar-refractivity contribution < 1.29 is 9.53 Å². The zero-order chi connectivity index (χ0) is 15.4. The SMILES string of the molecule is COc1ccc(C(=O)Nc2nnnn2C)c(Cl)c1CSC. The van der Waals surface area contributed by atoms with Crippen LogP contribution in [0.25, 0.3) is 0 Å². The maximum Gasteiger partial charge on any atom is 0.259 e. The van der Waals surface area contributed by atoms with Crippen LogP contribution in [0.4, 0.5) is 5.95 Å². The van der Waals surface area contributed by atoms with Gasteiger partial charge in [-0.05, 0) is 28.8 Å². The van der Waals surface area contributed by atoms with Gasteiger partial charge in [0.15, 0.2) is 0 Å². The van der Waals surface area contributed by atoms with Crippen molar-refractivity contribution in [1.82, 2.24) is 20.2 Å². The molecule has 0 radical (unpaired) electrons. The molecule has 0 aliphatic heterocycles. The molecule has 21 heavy (non-hydrogen) atoms. The molecule has 0 aliphatic carbocycles. The maximum atomic E-state index is 12.3. The molecular formula is C12H14ClN5O2S. The Labute approximate surface area is 131 Å². The first-order chi connectivity index (χ1) is 10.1. The highest BCUT2D eigenvalue weighted by atomic mass is 35.5. The number of amides is 1. The van der Waals surface area contributed by atoms with E-state index in [1.807, 2.05) is 6.26 Å². The van der Waals surface area contributed by atoms with E-state index in [9.17, 15) is 4.79 Å². The van der Waals surface area contributed by atoms with E-state index in [4.69, 9.17) is 16.3 Å². The molecule has 2 aromatic rings. The molecule has 1 amide bonds. The van der Waals surface area contributed by atoms with Gasteiger partial charge >= 0.3 is 0 Å². The van der Waals surface area contributed by atoms with Crippen molar-refractivity contribution in [1.29, 1.82) is 0 Å². The van der Waals surface area contributed by atoms with Crippen molar-refractivity contribution in [2.45, 2.75) is 5.75 Å². The second kappa shape index (κ2) is 6.77. The normalized spacial score (nSPS) is 10.5. The molecule has 0 aliphatic rings. The number of halogens is 1. The lowest BCUT2D eigenvalue weighted by molar-refractivity contribution is 0.102. The summed E-state index contributed by atoms with van der Waals surface area (Å²) in [6.07, 6.45) is 1.95. The Morgan fingerprint density at radius 2 is 2.29 bits per heavy atom. The van der Waals surface area contributed by atoms with E-state index in [1.54, 1.807) is 38.1 Å². The highest BCUT2D eigenvalue weighted by molar-refractivity contribution is 7.97. The van der Waals surface area contributed by atoms with Crippen molar-refractivity contribution in [3.8, 4) is 5.75 Å². The molecule has 112 valence electrons. The first-order valence-corrected chi connectivity index (χ1v) is 7.73. The van der Waals surface area contributed by atoms with Crippen LogP contribution < -0.4 is 10.1 Å². The van der Waals surface area contributed by atoms with Crippen molar-refractivity contribution in [3.63, 3.8) is 0 Å². The summed E-state index contributed by atoms with van der Waals surface area (Å²) >= 11 is 7.93. The maximum absolute atomic E-state index is 12.3.